The van der Waals surface area contributed by atoms with Gasteiger partial charge in [-0.05, 0) is 49.9 Å². The van der Waals surface area contributed by atoms with Crippen LogP contribution in [0.2, 0.25) is 0 Å². The second-order valence-electron chi connectivity index (χ2n) is 10.8. The summed E-state index contributed by atoms with van der Waals surface area (Å²) in [6, 6.07) is -1.73. The molecule has 0 aromatic rings. The first-order valence-electron chi connectivity index (χ1n) is 9.52. The molecule has 1 saturated heterocycles. The first-order valence-corrected chi connectivity index (χ1v) is 9.52. The van der Waals surface area contributed by atoms with Crippen LogP contribution >= 0.6 is 0 Å². The number of ether oxygens (including phenoxy) is 1. The Hall–Kier alpha value is -1.79. The van der Waals surface area contributed by atoms with E-state index in [0.717, 1.165) is 6.42 Å². The zero-order chi connectivity index (χ0) is 21.0. The van der Waals surface area contributed by atoms with E-state index in [0.29, 0.717) is 13.0 Å². The highest BCUT2D eigenvalue weighted by Gasteiger charge is 2.67. The molecule has 1 aliphatic heterocycles. The van der Waals surface area contributed by atoms with Crippen molar-refractivity contribution in [2.24, 2.45) is 16.2 Å². The lowest BCUT2D eigenvalue weighted by atomic mass is 9.85. The van der Waals surface area contributed by atoms with E-state index in [2.05, 4.69) is 19.2 Å². The number of amides is 2. The molecule has 0 aromatic heterocycles. The zero-order valence-electron chi connectivity index (χ0n) is 17.8. The van der Waals surface area contributed by atoms with Gasteiger partial charge >= 0.3 is 12.1 Å². The average Bonchev–Trinajstić information content (AvgIpc) is 2.78. The van der Waals surface area contributed by atoms with Crippen molar-refractivity contribution in [2.45, 2.75) is 85.9 Å². The maximum atomic E-state index is 13.3. The summed E-state index contributed by atoms with van der Waals surface area (Å²) in [6.07, 6.45) is 0.695. The summed E-state index contributed by atoms with van der Waals surface area (Å²) in [4.78, 5) is 38.9. The minimum absolute atomic E-state index is 0.0333. The van der Waals surface area contributed by atoms with Gasteiger partial charge in [-0.15, -0.1) is 0 Å². The molecule has 27 heavy (non-hydrogen) atoms. The molecule has 7 nitrogen and oxygen atoms in total. The van der Waals surface area contributed by atoms with E-state index in [1.54, 1.807) is 20.8 Å². The van der Waals surface area contributed by atoms with Gasteiger partial charge in [0.15, 0.2) is 0 Å². The summed E-state index contributed by atoms with van der Waals surface area (Å²) < 4.78 is 5.30. The van der Waals surface area contributed by atoms with Crippen molar-refractivity contribution >= 4 is 18.0 Å². The van der Waals surface area contributed by atoms with Gasteiger partial charge in [-0.3, -0.25) is 4.79 Å². The summed E-state index contributed by atoms with van der Waals surface area (Å²) in [5.41, 5.74) is -1.38. The van der Waals surface area contributed by atoms with Gasteiger partial charge in [-0.2, -0.15) is 0 Å². The van der Waals surface area contributed by atoms with Crippen LogP contribution in [0.25, 0.3) is 0 Å². The van der Waals surface area contributed by atoms with Gasteiger partial charge in [0.25, 0.3) is 0 Å². The predicted molar refractivity (Wildman–Crippen MR) is 101 cm³/mol. The molecule has 3 atom stereocenters. The summed E-state index contributed by atoms with van der Waals surface area (Å²) in [7, 11) is 0. The average molecular weight is 383 g/mol. The van der Waals surface area contributed by atoms with Crippen LogP contribution in [0.1, 0.15) is 68.2 Å². The van der Waals surface area contributed by atoms with Crippen molar-refractivity contribution in [3.63, 3.8) is 0 Å². The van der Waals surface area contributed by atoms with Crippen molar-refractivity contribution in [2.75, 3.05) is 6.54 Å². The lowest BCUT2D eigenvalue weighted by Gasteiger charge is -2.35. The Morgan fingerprint density at radius 1 is 1.15 bits per heavy atom. The molecule has 2 unspecified atom stereocenters. The third-order valence-electron chi connectivity index (χ3n) is 5.87. The van der Waals surface area contributed by atoms with Crippen LogP contribution in [-0.2, 0) is 14.3 Å². The molecule has 2 rings (SSSR count). The van der Waals surface area contributed by atoms with Crippen molar-refractivity contribution in [1.29, 1.82) is 0 Å². The van der Waals surface area contributed by atoms with Crippen molar-refractivity contribution in [1.82, 2.24) is 10.2 Å². The fourth-order valence-electron chi connectivity index (χ4n) is 4.09. The van der Waals surface area contributed by atoms with Crippen LogP contribution in [0.5, 0.6) is 0 Å². The fourth-order valence-corrected chi connectivity index (χ4v) is 4.09. The van der Waals surface area contributed by atoms with E-state index >= 15 is 0 Å². The van der Waals surface area contributed by atoms with E-state index in [1.165, 1.54) is 4.90 Å². The van der Waals surface area contributed by atoms with E-state index in [9.17, 15) is 19.5 Å². The third kappa shape index (κ3) is 4.38. The van der Waals surface area contributed by atoms with Gasteiger partial charge in [0.2, 0.25) is 5.91 Å². The van der Waals surface area contributed by atoms with E-state index < -0.39 is 35.2 Å². The quantitative estimate of drug-likeness (QED) is 0.782. The van der Waals surface area contributed by atoms with E-state index in [4.69, 9.17) is 4.74 Å². The highest BCUT2D eigenvalue weighted by molar-refractivity contribution is 5.90. The number of carbonyl (C=O) groups is 3. The largest absolute Gasteiger partial charge is 0.480 e. The van der Waals surface area contributed by atoms with Crippen LogP contribution < -0.4 is 5.32 Å². The molecule has 2 aliphatic rings. The molecule has 7 heteroatoms. The number of nitrogens with one attached hydrogen (secondary N) is 1. The number of aliphatic carboxylic acids is 1. The van der Waals surface area contributed by atoms with Gasteiger partial charge in [-0.1, -0.05) is 34.6 Å². The number of likely N-dealkylation sites (tertiary alicyclic amines) is 1. The standard InChI is InChI=1S/C20H34N2O5/c1-17(2,3)13(21-16(26)27-18(4,5)6)14(23)22-11-20(10-19(20,7)8)9-12(22)15(24)25/h12-13H,9-11H2,1-8H3,(H,21,26)(H,24,25)/t12?,13-,20?/m1/s1. The Morgan fingerprint density at radius 3 is 2.04 bits per heavy atom. The number of hydrogen-bond donors (Lipinski definition) is 2. The number of carboxylic acid groups (broad SMARTS) is 1. The van der Waals surface area contributed by atoms with Crippen LogP contribution in [-0.4, -0.2) is 52.2 Å². The first-order chi connectivity index (χ1) is 12.0. The summed E-state index contributed by atoms with van der Waals surface area (Å²) in [5.74, 6) is -1.35. The van der Waals surface area contributed by atoms with Crippen LogP contribution in [0.15, 0.2) is 0 Å². The lowest BCUT2D eigenvalue weighted by molar-refractivity contribution is -0.150. The van der Waals surface area contributed by atoms with E-state index in [-0.39, 0.29) is 16.7 Å². The number of rotatable bonds is 3. The van der Waals surface area contributed by atoms with Gasteiger partial charge < -0.3 is 20.1 Å². The topological polar surface area (TPSA) is 95.9 Å². The van der Waals surface area contributed by atoms with Gasteiger partial charge in [-0.25, -0.2) is 9.59 Å². The Bertz CT molecular complexity index is 644. The smallest absolute Gasteiger partial charge is 0.408 e. The van der Waals surface area contributed by atoms with Gasteiger partial charge in [0.1, 0.15) is 17.7 Å². The summed E-state index contributed by atoms with van der Waals surface area (Å²) in [6.45, 7) is 15.4. The number of alkyl carbamates (subject to hydrolysis) is 1. The van der Waals surface area contributed by atoms with Crippen LogP contribution in [0.4, 0.5) is 4.79 Å². The van der Waals surface area contributed by atoms with Crippen molar-refractivity contribution < 1.29 is 24.2 Å². The zero-order valence-corrected chi connectivity index (χ0v) is 17.8. The minimum atomic E-state index is -0.993. The monoisotopic (exact) mass is 382 g/mol. The van der Waals surface area contributed by atoms with Gasteiger partial charge in [0, 0.05) is 6.54 Å². The van der Waals surface area contributed by atoms with E-state index in [1.807, 2.05) is 20.8 Å². The molecule has 1 heterocycles. The molecule has 2 N–H and O–H groups in total. The minimum Gasteiger partial charge on any atom is -0.480 e. The Morgan fingerprint density at radius 2 is 1.67 bits per heavy atom. The molecule has 0 radical (unpaired) electrons. The second kappa shape index (κ2) is 6.38. The fraction of sp³-hybridized carbons (Fsp3) is 0.850. The molecule has 154 valence electrons. The molecule has 2 fully saturated rings. The lowest BCUT2D eigenvalue weighted by Crippen LogP contribution is -2.57. The number of nitrogens with zero attached hydrogens (tertiary/aromatic N) is 1. The summed E-state index contributed by atoms with van der Waals surface area (Å²) >= 11 is 0. The predicted octanol–water partition coefficient (Wildman–Crippen LogP) is 3.03. The highest BCUT2D eigenvalue weighted by atomic mass is 16.6. The molecular formula is C20H34N2O5. The van der Waals surface area contributed by atoms with Crippen molar-refractivity contribution in [3.8, 4) is 0 Å². The Balaban J connectivity index is 2.24. The van der Waals surface area contributed by atoms with Gasteiger partial charge in [0.05, 0.1) is 0 Å². The molecule has 1 saturated carbocycles. The molecule has 0 bridgehead atoms. The second-order valence-corrected chi connectivity index (χ2v) is 10.8. The van der Waals surface area contributed by atoms with Crippen LogP contribution in [0.3, 0.4) is 0 Å². The molecule has 2 amide bonds. The Kier molecular flexibility index (Phi) is 5.08. The Labute approximate surface area is 161 Å². The SMILES string of the molecule is CC(C)(C)OC(=O)N[C@H](C(=O)N1CC2(CC1C(=O)O)CC2(C)C)C(C)(C)C. The normalized spacial score (nSPS) is 28.0. The molecular weight excluding hydrogens is 348 g/mol. The number of carbonyl (C=O) groups excluding carboxylic acids is 2. The molecule has 1 aliphatic carbocycles. The molecule has 1 spiro atoms. The summed E-state index contributed by atoms with van der Waals surface area (Å²) in [5, 5.41) is 12.3. The van der Waals surface area contributed by atoms with Crippen molar-refractivity contribution in [3.05, 3.63) is 0 Å². The maximum Gasteiger partial charge on any atom is 0.408 e. The first kappa shape index (κ1) is 21.5. The number of carboxylic acids is 1. The maximum absolute atomic E-state index is 13.3. The van der Waals surface area contributed by atoms with Crippen LogP contribution in [0, 0.1) is 16.2 Å². The highest BCUT2D eigenvalue weighted by Crippen LogP contribution is 2.68. The molecule has 0 aromatic carbocycles. The number of hydrogen-bond acceptors (Lipinski definition) is 4. The third-order valence-corrected chi connectivity index (χ3v) is 5.87.